The van der Waals surface area contributed by atoms with E-state index in [9.17, 15) is 12.8 Å². The van der Waals surface area contributed by atoms with Crippen LogP contribution in [0, 0.1) is 5.82 Å². The zero-order valence-electron chi connectivity index (χ0n) is 14.9. The van der Waals surface area contributed by atoms with Gasteiger partial charge in [-0.2, -0.15) is 4.98 Å². The average Bonchev–Trinajstić information content (AvgIpc) is 3.15. The molecule has 0 fully saturated rings. The topological polar surface area (TPSA) is 85.5 Å². The van der Waals surface area contributed by atoms with Crippen molar-refractivity contribution in [1.82, 2.24) is 14.4 Å². The van der Waals surface area contributed by atoms with E-state index in [2.05, 4.69) is 10.1 Å². The van der Waals surface area contributed by atoms with Crippen LogP contribution in [-0.4, -0.2) is 36.5 Å². The fourth-order valence-electron chi connectivity index (χ4n) is 2.31. The van der Waals surface area contributed by atoms with E-state index in [1.807, 2.05) is 18.2 Å². The first kappa shape index (κ1) is 20.2. The third-order valence-corrected chi connectivity index (χ3v) is 6.01. The van der Waals surface area contributed by atoms with Gasteiger partial charge in [0.25, 0.3) is 5.89 Å². The Kier molecular flexibility index (Phi) is 6.28. The summed E-state index contributed by atoms with van der Waals surface area (Å²) in [7, 11) is -2.41. The summed E-state index contributed by atoms with van der Waals surface area (Å²) in [5, 5.41) is 3.57. The molecule has 10 heteroatoms. The van der Waals surface area contributed by atoms with Crippen molar-refractivity contribution in [2.45, 2.75) is 17.9 Å². The quantitative estimate of drug-likeness (QED) is 0.550. The van der Waals surface area contributed by atoms with Crippen LogP contribution in [0.5, 0.6) is 5.75 Å². The summed E-state index contributed by atoms with van der Waals surface area (Å²) >= 11 is 5.67. The number of rotatable bonds is 8. The summed E-state index contributed by atoms with van der Waals surface area (Å²) in [5.41, 5.74) is 0. The van der Waals surface area contributed by atoms with Gasteiger partial charge < -0.3 is 9.26 Å². The first-order valence-electron chi connectivity index (χ1n) is 8.27. The van der Waals surface area contributed by atoms with E-state index in [4.69, 9.17) is 20.9 Å². The second kappa shape index (κ2) is 8.68. The number of benzene rings is 2. The molecule has 0 spiro atoms. The van der Waals surface area contributed by atoms with Gasteiger partial charge >= 0.3 is 0 Å². The molecule has 0 aliphatic rings. The molecule has 0 aliphatic carbocycles. The summed E-state index contributed by atoms with van der Waals surface area (Å²) in [6, 6.07) is 12.4. The maximum absolute atomic E-state index is 13.3. The second-order valence-electron chi connectivity index (χ2n) is 5.86. The molecule has 0 amide bonds. The summed E-state index contributed by atoms with van der Waals surface area (Å²) in [5.74, 6) is 0.631. The maximum Gasteiger partial charge on any atom is 0.264 e. The lowest BCUT2D eigenvalue weighted by Crippen LogP contribution is -2.29. The number of hydrogen-bond donors (Lipinski definition) is 0. The minimum Gasteiger partial charge on any atom is -0.484 e. The van der Waals surface area contributed by atoms with Crippen LogP contribution >= 0.6 is 11.6 Å². The molecule has 1 heterocycles. The zero-order chi connectivity index (χ0) is 20.1. The van der Waals surface area contributed by atoms with Gasteiger partial charge in [0.1, 0.15) is 11.6 Å². The van der Waals surface area contributed by atoms with Crippen molar-refractivity contribution in [2.75, 3.05) is 13.6 Å². The Bertz CT molecular complexity index is 1040. The van der Waals surface area contributed by atoms with Gasteiger partial charge in [-0.15, -0.1) is 0 Å². The number of aromatic nitrogens is 2. The summed E-state index contributed by atoms with van der Waals surface area (Å²) in [4.78, 5) is 4.09. The molecule has 0 saturated heterocycles. The van der Waals surface area contributed by atoms with Crippen molar-refractivity contribution in [2.24, 2.45) is 0 Å². The molecule has 148 valence electrons. The minimum absolute atomic E-state index is 0.0912. The van der Waals surface area contributed by atoms with Crippen LogP contribution in [0.15, 0.2) is 57.9 Å². The lowest BCUT2D eigenvalue weighted by atomic mass is 10.3. The number of ether oxygens (including phenoxy) is 1. The van der Waals surface area contributed by atoms with E-state index in [0.29, 0.717) is 11.6 Å². The molecule has 0 unspecified atom stereocenters. The Hall–Kier alpha value is -2.49. The van der Waals surface area contributed by atoms with E-state index >= 15 is 0 Å². The van der Waals surface area contributed by atoms with Crippen molar-refractivity contribution in [3.63, 3.8) is 0 Å². The van der Waals surface area contributed by atoms with Crippen molar-refractivity contribution in [3.05, 3.63) is 71.1 Å². The molecule has 0 atom stereocenters. The van der Waals surface area contributed by atoms with Crippen LogP contribution in [0.25, 0.3) is 0 Å². The fourth-order valence-corrected chi connectivity index (χ4v) is 3.75. The molecule has 0 saturated carbocycles. The predicted octanol–water partition coefficient (Wildman–Crippen LogP) is 3.30. The van der Waals surface area contributed by atoms with Crippen molar-refractivity contribution < 1.29 is 22.1 Å². The molecule has 0 bridgehead atoms. The second-order valence-corrected chi connectivity index (χ2v) is 8.31. The van der Waals surface area contributed by atoms with Gasteiger partial charge in [-0.05, 0) is 30.3 Å². The minimum atomic E-state index is -3.82. The van der Waals surface area contributed by atoms with Crippen molar-refractivity contribution in [1.29, 1.82) is 0 Å². The lowest BCUT2D eigenvalue weighted by Gasteiger charge is -2.16. The Labute approximate surface area is 166 Å². The van der Waals surface area contributed by atoms with Crippen LogP contribution in [0.3, 0.4) is 0 Å². The number of likely N-dealkylation sites (N-methyl/N-ethyl adjacent to an activating group) is 1. The summed E-state index contributed by atoms with van der Waals surface area (Å²) in [6.45, 7) is 0.217. The van der Waals surface area contributed by atoms with Crippen molar-refractivity contribution >= 4 is 21.6 Å². The Morgan fingerprint density at radius 2 is 1.96 bits per heavy atom. The Morgan fingerprint density at radius 3 is 2.68 bits per heavy atom. The highest BCUT2D eigenvalue weighted by Gasteiger charge is 2.22. The first-order chi connectivity index (χ1) is 13.4. The molecule has 3 rings (SSSR count). The molecular weight excluding hydrogens is 409 g/mol. The molecule has 28 heavy (non-hydrogen) atoms. The smallest absolute Gasteiger partial charge is 0.264 e. The third-order valence-electron chi connectivity index (χ3n) is 3.87. The largest absolute Gasteiger partial charge is 0.484 e. The highest BCUT2D eigenvalue weighted by Crippen LogP contribution is 2.21. The molecule has 3 aromatic rings. The molecule has 2 aromatic carbocycles. The normalized spacial score (nSPS) is 11.7. The van der Waals surface area contributed by atoms with Gasteiger partial charge in [-0.25, -0.2) is 17.1 Å². The number of hydrogen-bond acceptors (Lipinski definition) is 6. The molecule has 0 aliphatic heterocycles. The fraction of sp³-hybridized carbons (Fsp3) is 0.222. The van der Waals surface area contributed by atoms with Crippen LogP contribution in [-0.2, 0) is 23.1 Å². The van der Waals surface area contributed by atoms with E-state index < -0.39 is 15.8 Å². The Morgan fingerprint density at radius 1 is 1.21 bits per heavy atom. The van der Waals surface area contributed by atoms with E-state index in [-0.39, 0.29) is 35.4 Å². The molecular formula is C18H17ClFN3O4S. The summed E-state index contributed by atoms with van der Waals surface area (Å²) < 4.78 is 50.1. The molecule has 0 N–H and O–H groups in total. The van der Waals surface area contributed by atoms with Gasteiger partial charge in [0.05, 0.1) is 9.92 Å². The maximum atomic E-state index is 13.3. The van der Waals surface area contributed by atoms with Gasteiger partial charge in [0.15, 0.2) is 12.4 Å². The van der Waals surface area contributed by atoms with E-state index in [0.717, 1.165) is 16.4 Å². The zero-order valence-corrected chi connectivity index (χ0v) is 16.5. The highest BCUT2D eigenvalue weighted by molar-refractivity contribution is 7.89. The van der Waals surface area contributed by atoms with Gasteiger partial charge in [0, 0.05) is 20.0 Å². The first-order valence-corrected chi connectivity index (χ1v) is 10.1. The number of nitrogens with zero attached hydrogens (tertiary/aromatic N) is 3. The highest BCUT2D eigenvalue weighted by atomic mass is 35.5. The Balaban J connectivity index is 1.57. The molecule has 1 aromatic heterocycles. The van der Waals surface area contributed by atoms with Gasteiger partial charge in [-0.1, -0.05) is 35.0 Å². The molecule has 0 radical (unpaired) electrons. The van der Waals surface area contributed by atoms with Crippen LogP contribution in [0.2, 0.25) is 5.02 Å². The van der Waals surface area contributed by atoms with E-state index in [1.54, 1.807) is 12.1 Å². The van der Waals surface area contributed by atoms with E-state index in [1.165, 1.54) is 13.1 Å². The third kappa shape index (κ3) is 4.86. The number of halogens is 2. The monoisotopic (exact) mass is 425 g/mol. The van der Waals surface area contributed by atoms with Gasteiger partial charge in [0.2, 0.25) is 10.0 Å². The predicted molar refractivity (Wildman–Crippen MR) is 100 cm³/mol. The lowest BCUT2D eigenvalue weighted by molar-refractivity contribution is 0.242. The van der Waals surface area contributed by atoms with Crippen LogP contribution in [0.4, 0.5) is 4.39 Å². The average molecular weight is 426 g/mol. The van der Waals surface area contributed by atoms with Crippen LogP contribution < -0.4 is 4.74 Å². The van der Waals surface area contributed by atoms with Gasteiger partial charge in [-0.3, -0.25) is 0 Å². The SMILES string of the molecule is CN(CCc1noc(COc2ccccc2)n1)S(=O)(=O)c1ccc(F)c(Cl)c1. The standard InChI is InChI=1S/C18H17ClFN3O4S/c1-23(28(24,25)14-7-8-16(20)15(19)11-14)10-9-17-21-18(27-22-17)12-26-13-5-3-2-4-6-13/h2-8,11H,9-10,12H2,1H3. The van der Waals surface area contributed by atoms with Crippen LogP contribution in [0.1, 0.15) is 11.7 Å². The molecule has 7 nitrogen and oxygen atoms in total. The number of sulfonamides is 1. The number of para-hydroxylation sites is 1. The summed E-state index contributed by atoms with van der Waals surface area (Å²) in [6.07, 6.45) is 0.236. The van der Waals surface area contributed by atoms with Crippen molar-refractivity contribution in [3.8, 4) is 5.75 Å².